The van der Waals surface area contributed by atoms with Gasteiger partial charge in [-0.1, -0.05) is 0 Å². The van der Waals surface area contributed by atoms with E-state index < -0.39 is 0 Å². The van der Waals surface area contributed by atoms with Gasteiger partial charge in [-0.15, -0.1) is 0 Å². The van der Waals surface area contributed by atoms with E-state index >= 15 is 0 Å². The van der Waals surface area contributed by atoms with E-state index in [4.69, 9.17) is 5.73 Å². The first kappa shape index (κ1) is 5.60. The van der Waals surface area contributed by atoms with E-state index in [9.17, 15) is 4.79 Å². The van der Waals surface area contributed by atoms with Gasteiger partial charge >= 0.3 is 0 Å². The topological polar surface area (TPSA) is 43.1 Å². The van der Waals surface area contributed by atoms with Crippen LogP contribution in [0, 0.1) is 11.8 Å². The number of amides is 1. The second kappa shape index (κ2) is 1.77. The summed E-state index contributed by atoms with van der Waals surface area (Å²) in [6.07, 6.45) is 2.32. The average Bonchev–Trinajstić information content (AvgIpc) is 2.43. The van der Waals surface area contributed by atoms with Crippen molar-refractivity contribution in [3.05, 3.63) is 5.92 Å². The molecule has 0 spiro atoms. The normalized spacial score (nSPS) is 19.2. The van der Waals surface area contributed by atoms with Gasteiger partial charge in [0.2, 0.25) is 5.91 Å². The highest BCUT2D eigenvalue weighted by molar-refractivity contribution is 5.88. The van der Waals surface area contributed by atoms with Crippen molar-refractivity contribution in [2.24, 2.45) is 11.7 Å². The summed E-state index contributed by atoms with van der Waals surface area (Å²) < 4.78 is 0. The summed E-state index contributed by atoms with van der Waals surface area (Å²) in [5, 5.41) is 0. The maximum Gasteiger partial charge on any atom is 0.224 e. The Hall–Kier alpha value is -0.530. The highest BCUT2D eigenvalue weighted by Crippen LogP contribution is 2.37. The van der Waals surface area contributed by atoms with Crippen molar-refractivity contribution in [3.8, 4) is 0 Å². The van der Waals surface area contributed by atoms with Crippen molar-refractivity contribution in [1.82, 2.24) is 0 Å². The van der Waals surface area contributed by atoms with E-state index in [0.29, 0.717) is 5.92 Å². The number of carbonyl (C=O) groups is 1. The number of hydrogen-bond donors (Lipinski definition) is 1. The summed E-state index contributed by atoms with van der Waals surface area (Å²) in [5.74, 6) is 1.16. The SMILES string of the molecule is C[C](C(N)=O)C1CC1. The molecule has 0 saturated heterocycles. The lowest BCUT2D eigenvalue weighted by molar-refractivity contribution is -0.116. The van der Waals surface area contributed by atoms with E-state index in [1.165, 1.54) is 0 Å². The van der Waals surface area contributed by atoms with E-state index in [1.54, 1.807) is 0 Å². The fourth-order valence-electron chi connectivity index (χ4n) is 0.718. The van der Waals surface area contributed by atoms with Crippen molar-refractivity contribution in [2.45, 2.75) is 19.8 Å². The van der Waals surface area contributed by atoms with E-state index in [1.807, 2.05) is 6.92 Å². The Morgan fingerprint density at radius 2 is 2.12 bits per heavy atom. The molecule has 0 heterocycles. The van der Waals surface area contributed by atoms with Crippen LogP contribution in [0.1, 0.15) is 19.8 Å². The summed E-state index contributed by atoms with van der Waals surface area (Å²) in [4.78, 5) is 10.4. The van der Waals surface area contributed by atoms with Crippen LogP contribution < -0.4 is 5.73 Å². The molecule has 1 aliphatic rings. The van der Waals surface area contributed by atoms with E-state index in [2.05, 4.69) is 0 Å². The fourth-order valence-corrected chi connectivity index (χ4v) is 0.718. The standard InChI is InChI=1S/C6H10NO/c1-4(6(7)8)5-2-3-5/h5H,2-3H2,1H3,(H2,7,8). The minimum Gasteiger partial charge on any atom is -0.369 e. The Labute approximate surface area is 49.1 Å². The molecule has 8 heavy (non-hydrogen) atoms. The maximum atomic E-state index is 10.4. The molecule has 1 radical (unpaired) electrons. The summed E-state index contributed by atoms with van der Waals surface area (Å²) in [5.41, 5.74) is 5.00. The maximum absolute atomic E-state index is 10.4. The quantitative estimate of drug-likeness (QED) is 0.554. The van der Waals surface area contributed by atoms with Crippen molar-refractivity contribution in [3.63, 3.8) is 0 Å². The first-order valence-corrected chi connectivity index (χ1v) is 2.85. The highest BCUT2D eigenvalue weighted by Gasteiger charge is 2.31. The first-order valence-electron chi connectivity index (χ1n) is 2.85. The number of rotatable bonds is 2. The zero-order chi connectivity index (χ0) is 6.15. The molecule has 1 saturated carbocycles. The number of carbonyl (C=O) groups excluding carboxylic acids is 1. The number of nitrogens with two attached hydrogens (primary N) is 1. The zero-order valence-corrected chi connectivity index (χ0v) is 4.98. The van der Waals surface area contributed by atoms with Gasteiger partial charge in [0, 0.05) is 0 Å². The monoisotopic (exact) mass is 112 g/mol. The smallest absolute Gasteiger partial charge is 0.224 e. The molecule has 0 bridgehead atoms. The van der Waals surface area contributed by atoms with Crippen LogP contribution in [0.3, 0.4) is 0 Å². The largest absolute Gasteiger partial charge is 0.369 e. The molecule has 1 rings (SSSR count). The molecule has 0 atom stereocenters. The molecule has 1 amide bonds. The Balaban J connectivity index is 2.32. The lowest BCUT2D eigenvalue weighted by Crippen LogP contribution is -2.19. The fraction of sp³-hybridized carbons (Fsp3) is 0.667. The number of primary amides is 1. The van der Waals surface area contributed by atoms with E-state index in [0.717, 1.165) is 18.8 Å². The van der Waals surface area contributed by atoms with Gasteiger partial charge in [0.05, 0.1) is 5.92 Å². The molecule has 0 aromatic heterocycles. The van der Waals surface area contributed by atoms with Gasteiger partial charge in [0.15, 0.2) is 0 Å². The molecule has 45 valence electrons. The third-order valence-corrected chi connectivity index (χ3v) is 1.58. The molecule has 2 N–H and O–H groups in total. The van der Waals surface area contributed by atoms with Crippen LogP contribution in [0.25, 0.3) is 0 Å². The molecule has 2 nitrogen and oxygen atoms in total. The van der Waals surface area contributed by atoms with Crippen LogP contribution in [-0.4, -0.2) is 5.91 Å². The van der Waals surface area contributed by atoms with Crippen LogP contribution >= 0.6 is 0 Å². The van der Waals surface area contributed by atoms with Crippen LogP contribution in [0.2, 0.25) is 0 Å². The van der Waals surface area contributed by atoms with Crippen LogP contribution in [0.15, 0.2) is 0 Å². The highest BCUT2D eigenvalue weighted by atomic mass is 16.1. The molecular weight excluding hydrogens is 102 g/mol. The van der Waals surface area contributed by atoms with Gasteiger partial charge in [-0.05, 0) is 25.7 Å². The predicted octanol–water partition coefficient (Wildman–Crippen LogP) is 0.476. The minimum absolute atomic E-state index is 0.229. The van der Waals surface area contributed by atoms with Crippen molar-refractivity contribution in [1.29, 1.82) is 0 Å². The molecule has 1 fully saturated rings. The summed E-state index contributed by atoms with van der Waals surface area (Å²) in [7, 11) is 0. The van der Waals surface area contributed by atoms with Gasteiger partial charge < -0.3 is 5.73 Å². The van der Waals surface area contributed by atoms with Crippen molar-refractivity contribution < 1.29 is 4.79 Å². The minimum atomic E-state index is -0.229. The average molecular weight is 112 g/mol. The summed E-state index contributed by atoms with van der Waals surface area (Å²) >= 11 is 0. The molecule has 0 aromatic carbocycles. The van der Waals surface area contributed by atoms with Crippen LogP contribution in [0.4, 0.5) is 0 Å². The first-order chi connectivity index (χ1) is 3.72. The number of hydrogen-bond acceptors (Lipinski definition) is 1. The molecule has 1 aliphatic carbocycles. The molecular formula is C6H10NO. The second-order valence-corrected chi connectivity index (χ2v) is 2.32. The Bertz CT molecular complexity index is 107. The Morgan fingerprint density at radius 3 is 2.25 bits per heavy atom. The summed E-state index contributed by atoms with van der Waals surface area (Å²) in [6.45, 7) is 1.82. The zero-order valence-electron chi connectivity index (χ0n) is 4.98. The van der Waals surface area contributed by atoms with Gasteiger partial charge in [-0.3, -0.25) is 4.79 Å². The third-order valence-electron chi connectivity index (χ3n) is 1.58. The van der Waals surface area contributed by atoms with Crippen LogP contribution in [0.5, 0.6) is 0 Å². The third kappa shape index (κ3) is 0.997. The second-order valence-electron chi connectivity index (χ2n) is 2.32. The molecule has 2 heteroatoms. The van der Waals surface area contributed by atoms with Gasteiger partial charge in [0.25, 0.3) is 0 Å². The molecule has 0 unspecified atom stereocenters. The van der Waals surface area contributed by atoms with Crippen LogP contribution in [-0.2, 0) is 4.79 Å². The molecule has 0 aromatic rings. The van der Waals surface area contributed by atoms with Gasteiger partial charge in [-0.2, -0.15) is 0 Å². The van der Waals surface area contributed by atoms with E-state index in [-0.39, 0.29) is 5.91 Å². The predicted molar refractivity (Wildman–Crippen MR) is 30.8 cm³/mol. The Morgan fingerprint density at radius 1 is 1.62 bits per heavy atom. The van der Waals surface area contributed by atoms with Crippen molar-refractivity contribution in [2.75, 3.05) is 0 Å². The summed E-state index contributed by atoms with van der Waals surface area (Å²) in [6, 6.07) is 0. The van der Waals surface area contributed by atoms with Crippen molar-refractivity contribution >= 4 is 5.91 Å². The molecule has 0 aliphatic heterocycles. The van der Waals surface area contributed by atoms with Gasteiger partial charge in [0.1, 0.15) is 0 Å². The lowest BCUT2D eigenvalue weighted by atomic mass is 10.1. The lowest BCUT2D eigenvalue weighted by Gasteiger charge is -1.99. The van der Waals surface area contributed by atoms with Gasteiger partial charge in [-0.25, -0.2) is 0 Å². The Kier molecular flexibility index (Phi) is 1.24.